The molecular weight excluding hydrogens is 140 g/mol. The summed E-state index contributed by atoms with van der Waals surface area (Å²) < 4.78 is 0. The molecule has 0 spiro atoms. The van der Waals surface area contributed by atoms with Gasteiger partial charge in [0.15, 0.2) is 0 Å². The Balaban J connectivity index is 1.90. The molecule has 1 aliphatic rings. The van der Waals surface area contributed by atoms with Gasteiger partial charge in [-0.15, -0.1) is 0 Å². The van der Waals surface area contributed by atoms with Crippen LogP contribution in [0, 0.1) is 0 Å². The van der Waals surface area contributed by atoms with Crippen LogP contribution in [-0.2, 0) is 6.54 Å². The van der Waals surface area contributed by atoms with E-state index in [4.69, 9.17) is 0 Å². The van der Waals surface area contributed by atoms with Crippen molar-refractivity contribution in [2.45, 2.75) is 25.4 Å². The fourth-order valence-corrected chi connectivity index (χ4v) is 1.45. The van der Waals surface area contributed by atoms with Gasteiger partial charge in [-0.2, -0.15) is 15.0 Å². The van der Waals surface area contributed by atoms with Crippen LogP contribution in [0.3, 0.4) is 0 Å². The molecule has 1 fully saturated rings. The second kappa shape index (κ2) is 3.00. The molecule has 4 nitrogen and oxygen atoms in total. The van der Waals surface area contributed by atoms with Crippen LogP contribution >= 0.6 is 0 Å². The summed E-state index contributed by atoms with van der Waals surface area (Å²) in [4.78, 5) is 1.74. The van der Waals surface area contributed by atoms with Crippen LogP contribution < -0.4 is 5.32 Å². The van der Waals surface area contributed by atoms with Crippen molar-refractivity contribution in [3.63, 3.8) is 0 Å². The Morgan fingerprint density at radius 3 is 2.91 bits per heavy atom. The predicted molar refractivity (Wildman–Crippen MR) is 41.0 cm³/mol. The number of nitrogens with zero attached hydrogens (tertiary/aromatic N) is 3. The van der Waals surface area contributed by atoms with Crippen molar-refractivity contribution < 1.29 is 0 Å². The van der Waals surface area contributed by atoms with Crippen molar-refractivity contribution in [3.05, 3.63) is 12.4 Å². The summed E-state index contributed by atoms with van der Waals surface area (Å²) in [5.74, 6) is 0. The van der Waals surface area contributed by atoms with Gasteiger partial charge < -0.3 is 5.32 Å². The maximum atomic E-state index is 4.05. The number of rotatable bonds is 2. The fraction of sp³-hybridized carbons (Fsp3) is 0.714. The molecule has 1 atom stereocenters. The van der Waals surface area contributed by atoms with Gasteiger partial charge in [-0.05, 0) is 19.4 Å². The number of hydrogen-bond donors (Lipinski definition) is 1. The van der Waals surface area contributed by atoms with Crippen molar-refractivity contribution in [1.82, 2.24) is 20.3 Å². The lowest BCUT2D eigenvalue weighted by molar-refractivity contribution is 0.436. The molecule has 1 N–H and O–H groups in total. The molecule has 2 rings (SSSR count). The average Bonchev–Trinajstić information content (AvgIpc) is 2.60. The van der Waals surface area contributed by atoms with E-state index < -0.39 is 0 Å². The third-order valence-corrected chi connectivity index (χ3v) is 2.01. The molecule has 0 aliphatic carbocycles. The molecule has 2 heterocycles. The highest BCUT2D eigenvalue weighted by molar-refractivity contribution is 4.73. The average molecular weight is 152 g/mol. The van der Waals surface area contributed by atoms with Crippen molar-refractivity contribution in [2.24, 2.45) is 0 Å². The topological polar surface area (TPSA) is 42.7 Å². The third-order valence-electron chi connectivity index (χ3n) is 2.01. The highest BCUT2D eigenvalue weighted by Crippen LogP contribution is 2.05. The largest absolute Gasteiger partial charge is 0.312 e. The van der Waals surface area contributed by atoms with Crippen LogP contribution in [0.1, 0.15) is 12.8 Å². The highest BCUT2D eigenvalue weighted by atomic mass is 15.5. The lowest BCUT2D eigenvalue weighted by Gasteiger charge is -2.07. The lowest BCUT2D eigenvalue weighted by Crippen LogP contribution is -2.27. The van der Waals surface area contributed by atoms with Crippen molar-refractivity contribution in [2.75, 3.05) is 6.54 Å². The maximum Gasteiger partial charge on any atom is 0.0760 e. The van der Waals surface area contributed by atoms with Gasteiger partial charge in [0, 0.05) is 6.04 Å². The number of aromatic nitrogens is 3. The molecule has 0 aromatic carbocycles. The summed E-state index contributed by atoms with van der Waals surface area (Å²) in [7, 11) is 0. The minimum atomic E-state index is 0.586. The molecule has 60 valence electrons. The van der Waals surface area contributed by atoms with Crippen LogP contribution in [0.4, 0.5) is 0 Å². The van der Waals surface area contributed by atoms with Gasteiger partial charge in [0.25, 0.3) is 0 Å². The molecule has 1 aliphatic heterocycles. The van der Waals surface area contributed by atoms with Gasteiger partial charge >= 0.3 is 0 Å². The van der Waals surface area contributed by atoms with Gasteiger partial charge in [-0.3, -0.25) is 0 Å². The van der Waals surface area contributed by atoms with E-state index in [1.165, 1.54) is 12.8 Å². The Bertz CT molecular complexity index is 200. The first-order chi connectivity index (χ1) is 5.45. The quantitative estimate of drug-likeness (QED) is 0.650. The molecule has 1 aromatic heterocycles. The molecule has 1 aromatic rings. The van der Waals surface area contributed by atoms with E-state index in [1.807, 2.05) is 0 Å². The van der Waals surface area contributed by atoms with Crippen LogP contribution in [-0.4, -0.2) is 27.6 Å². The van der Waals surface area contributed by atoms with E-state index in [1.54, 1.807) is 17.2 Å². The van der Waals surface area contributed by atoms with Crippen LogP contribution in [0.2, 0.25) is 0 Å². The van der Waals surface area contributed by atoms with Crippen molar-refractivity contribution >= 4 is 0 Å². The number of hydrogen-bond acceptors (Lipinski definition) is 3. The highest BCUT2D eigenvalue weighted by Gasteiger charge is 2.14. The Labute approximate surface area is 65.6 Å². The van der Waals surface area contributed by atoms with E-state index >= 15 is 0 Å². The van der Waals surface area contributed by atoms with Crippen LogP contribution in [0.25, 0.3) is 0 Å². The maximum absolute atomic E-state index is 4.05. The van der Waals surface area contributed by atoms with Gasteiger partial charge in [0.2, 0.25) is 0 Å². The standard InChI is InChI=1S/C7H12N4/c1-2-7(8-3-1)6-11-9-4-5-10-11/h4-5,7-8H,1-3,6H2/t7-/m0/s1. The minimum Gasteiger partial charge on any atom is -0.312 e. The molecule has 11 heavy (non-hydrogen) atoms. The Hall–Kier alpha value is -0.900. The zero-order valence-corrected chi connectivity index (χ0v) is 6.40. The lowest BCUT2D eigenvalue weighted by atomic mass is 10.2. The second-order valence-corrected chi connectivity index (χ2v) is 2.88. The molecule has 0 radical (unpaired) electrons. The van der Waals surface area contributed by atoms with Gasteiger partial charge in [-0.1, -0.05) is 0 Å². The van der Waals surface area contributed by atoms with Gasteiger partial charge in [0.1, 0.15) is 0 Å². The van der Waals surface area contributed by atoms with Gasteiger partial charge in [0.05, 0.1) is 18.9 Å². The first kappa shape index (κ1) is 6.79. The zero-order valence-electron chi connectivity index (χ0n) is 6.40. The monoisotopic (exact) mass is 152 g/mol. The Morgan fingerprint density at radius 2 is 2.27 bits per heavy atom. The fourth-order valence-electron chi connectivity index (χ4n) is 1.45. The van der Waals surface area contributed by atoms with E-state index in [-0.39, 0.29) is 0 Å². The summed E-state index contributed by atoms with van der Waals surface area (Å²) in [6.07, 6.45) is 5.97. The smallest absolute Gasteiger partial charge is 0.0760 e. The molecule has 0 unspecified atom stereocenters. The molecule has 4 heteroatoms. The summed E-state index contributed by atoms with van der Waals surface area (Å²) >= 11 is 0. The van der Waals surface area contributed by atoms with E-state index in [0.717, 1.165) is 13.1 Å². The molecule has 0 bridgehead atoms. The van der Waals surface area contributed by atoms with E-state index in [0.29, 0.717) is 6.04 Å². The summed E-state index contributed by atoms with van der Waals surface area (Å²) in [5, 5.41) is 11.5. The van der Waals surface area contributed by atoms with Crippen LogP contribution in [0.5, 0.6) is 0 Å². The molecule has 0 amide bonds. The predicted octanol–water partition coefficient (Wildman–Crippen LogP) is 0.0301. The van der Waals surface area contributed by atoms with Crippen molar-refractivity contribution in [3.8, 4) is 0 Å². The second-order valence-electron chi connectivity index (χ2n) is 2.88. The third kappa shape index (κ3) is 1.57. The molecule has 0 saturated carbocycles. The summed E-state index contributed by atoms with van der Waals surface area (Å²) in [6.45, 7) is 2.05. The van der Waals surface area contributed by atoms with E-state index in [2.05, 4.69) is 15.5 Å². The summed E-state index contributed by atoms with van der Waals surface area (Å²) in [6, 6.07) is 0.586. The zero-order chi connectivity index (χ0) is 7.52. The first-order valence-corrected chi connectivity index (χ1v) is 4.02. The van der Waals surface area contributed by atoms with E-state index in [9.17, 15) is 0 Å². The normalized spacial score (nSPS) is 24.2. The Kier molecular flexibility index (Phi) is 1.85. The minimum absolute atomic E-state index is 0.586. The Morgan fingerprint density at radius 1 is 1.45 bits per heavy atom. The van der Waals surface area contributed by atoms with Crippen LogP contribution in [0.15, 0.2) is 12.4 Å². The summed E-state index contributed by atoms with van der Waals surface area (Å²) in [5.41, 5.74) is 0. The molecular formula is C7H12N4. The van der Waals surface area contributed by atoms with Crippen molar-refractivity contribution in [1.29, 1.82) is 0 Å². The van der Waals surface area contributed by atoms with Gasteiger partial charge in [-0.25, -0.2) is 0 Å². The first-order valence-electron chi connectivity index (χ1n) is 4.02. The molecule has 1 saturated heterocycles. The SMILES string of the molecule is c1cnn(C[C@@H]2CCCN2)n1. The number of nitrogens with one attached hydrogen (secondary N) is 1.